The number of carboxylic acids is 2. The molecule has 0 aromatic carbocycles. The fraction of sp³-hybridized carbons (Fsp3) is 0.200. The van der Waals surface area contributed by atoms with Gasteiger partial charge in [-0.2, -0.15) is 5.26 Å². The lowest BCUT2D eigenvalue weighted by Gasteiger charge is -2.13. The number of nitro groups is 1. The molecule has 1 unspecified atom stereocenters. The minimum absolute atomic E-state index is 0.230. The second-order valence-corrected chi connectivity index (χ2v) is 3.59. The topological polar surface area (TPSA) is 166 Å². The number of nitrogens with one attached hydrogen (secondary N) is 1. The average molecular weight is 280 g/mol. The van der Waals surface area contributed by atoms with Gasteiger partial charge in [-0.25, -0.2) is 9.78 Å². The molecule has 10 nitrogen and oxygen atoms in total. The SMILES string of the molecule is N#Cc1cc([N+](=O)[O-])cnc1NC(CC(=O)O)C(=O)O. The quantitative estimate of drug-likeness (QED) is 0.487. The van der Waals surface area contributed by atoms with Crippen LogP contribution in [0.3, 0.4) is 0 Å². The smallest absolute Gasteiger partial charge is 0.326 e. The zero-order chi connectivity index (χ0) is 15.3. The molecule has 1 rings (SSSR count). The summed E-state index contributed by atoms with van der Waals surface area (Å²) in [5, 5.41) is 39.0. The van der Waals surface area contributed by atoms with Crippen LogP contribution in [0.25, 0.3) is 0 Å². The Kier molecular flexibility index (Phi) is 4.52. The van der Waals surface area contributed by atoms with Gasteiger partial charge >= 0.3 is 11.9 Å². The first kappa shape index (κ1) is 14.8. The molecule has 20 heavy (non-hydrogen) atoms. The monoisotopic (exact) mass is 280 g/mol. The summed E-state index contributed by atoms with van der Waals surface area (Å²) in [6.07, 6.45) is 0.0989. The maximum Gasteiger partial charge on any atom is 0.326 e. The Hall–Kier alpha value is -3.22. The van der Waals surface area contributed by atoms with E-state index < -0.39 is 35.0 Å². The molecule has 0 saturated carbocycles. The van der Waals surface area contributed by atoms with E-state index >= 15 is 0 Å². The number of aliphatic carboxylic acids is 2. The number of nitriles is 1. The minimum atomic E-state index is -1.51. The Bertz CT molecular complexity index is 608. The van der Waals surface area contributed by atoms with Crippen LogP contribution < -0.4 is 5.32 Å². The molecule has 1 heterocycles. The van der Waals surface area contributed by atoms with Gasteiger partial charge in [0.1, 0.15) is 29.7 Å². The number of hydrogen-bond acceptors (Lipinski definition) is 7. The van der Waals surface area contributed by atoms with Gasteiger partial charge in [0.2, 0.25) is 0 Å². The molecule has 0 bridgehead atoms. The largest absolute Gasteiger partial charge is 0.481 e. The van der Waals surface area contributed by atoms with Gasteiger partial charge in [0, 0.05) is 6.07 Å². The van der Waals surface area contributed by atoms with E-state index in [1.54, 1.807) is 6.07 Å². The van der Waals surface area contributed by atoms with Crippen LogP contribution in [0.4, 0.5) is 11.5 Å². The van der Waals surface area contributed by atoms with Gasteiger partial charge in [-0.15, -0.1) is 0 Å². The summed E-state index contributed by atoms with van der Waals surface area (Å²) in [6.45, 7) is 0. The van der Waals surface area contributed by atoms with Crippen molar-refractivity contribution >= 4 is 23.4 Å². The number of hydrogen-bond donors (Lipinski definition) is 3. The van der Waals surface area contributed by atoms with Crippen molar-refractivity contribution in [1.82, 2.24) is 4.98 Å². The van der Waals surface area contributed by atoms with Gasteiger partial charge in [0.05, 0.1) is 11.3 Å². The Balaban J connectivity index is 3.07. The summed E-state index contributed by atoms with van der Waals surface area (Å²) in [5.41, 5.74) is -0.687. The number of nitrogens with zero attached hydrogens (tertiary/aromatic N) is 3. The Morgan fingerprint density at radius 1 is 1.55 bits per heavy atom. The Morgan fingerprint density at radius 2 is 2.20 bits per heavy atom. The molecule has 3 N–H and O–H groups in total. The zero-order valence-electron chi connectivity index (χ0n) is 9.81. The predicted octanol–water partition coefficient (Wildman–Crippen LogP) is 0.201. The highest BCUT2D eigenvalue weighted by molar-refractivity contribution is 5.83. The maximum atomic E-state index is 10.9. The van der Waals surface area contributed by atoms with Crippen molar-refractivity contribution in [2.24, 2.45) is 0 Å². The highest BCUT2D eigenvalue weighted by Gasteiger charge is 2.23. The van der Waals surface area contributed by atoms with Crippen molar-refractivity contribution in [2.45, 2.75) is 12.5 Å². The third-order valence-corrected chi connectivity index (χ3v) is 2.19. The van der Waals surface area contributed by atoms with Gasteiger partial charge < -0.3 is 15.5 Å². The number of carbonyl (C=O) groups is 2. The molecule has 1 atom stereocenters. The number of pyridine rings is 1. The molecule has 104 valence electrons. The molecule has 0 aliphatic carbocycles. The van der Waals surface area contributed by atoms with Crippen molar-refractivity contribution in [3.05, 3.63) is 27.9 Å². The molecule has 0 fully saturated rings. The lowest BCUT2D eigenvalue weighted by molar-refractivity contribution is -0.385. The number of rotatable bonds is 6. The zero-order valence-corrected chi connectivity index (χ0v) is 9.81. The summed E-state index contributed by atoms with van der Waals surface area (Å²) < 4.78 is 0. The molecular formula is C10H8N4O6. The molecule has 0 aliphatic rings. The summed E-state index contributed by atoms with van der Waals surface area (Å²) in [7, 11) is 0. The van der Waals surface area contributed by atoms with E-state index in [1.165, 1.54) is 0 Å². The van der Waals surface area contributed by atoms with Crippen LogP contribution in [0, 0.1) is 21.4 Å². The van der Waals surface area contributed by atoms with Gasteiger partial charge in [-0.1, -0.05) is 0 Å². The van der Waals surface area contributed by atoms with E-state index in [1.807, 2.05) is 0 Å². The normalized spacial score (nSPS) is 11.2. The molecule has 1 aromatic rings. The van der Waals surface area contributed by atoms with E-state index in [0.717, 1.165) is 12.3 Å². The fourth-order valence-electron chi connectivity index (χ4n) is 1.29. The van der Waals surface area contributed by atoms with E-state index in [9.17, 15) is 19.7 Å². The van der Waals surface area contributed by atoms with Crippen LogP contribution in [0.1, 0.15) is 12.0 Å². The van der Waals surface area contributed by atoms with Crippen LogP contribution in [0.2, 0.25) is 0 Å². The van der Waals surface area contributed by atoms with E-state index in [2.05, 4.69) is 10.3 Å². The van der Waals surface area contributed by atoms with Crippen LogP contribution in [-0.2, 0) is 9.59 Å². The van der Waals surface area contributed by atoms with Crippen LogP contribution in [-0.4, -0.2) is 38.1 Å². The van der Waals surface area contributed by atoms with Gasteiger partial charge in [0.25, 0.3) is 5.69 Å². The van der Waals surface area contributed by atoms with Crippen molar-refractivity contribution < 1.29 is 24.7 Å². The first-order valence-electron chi connectivity index (χ1n) is 5.10. The van der Waals surface area contributed by atoms with Crippen LogP contribution in [0.5, 0.6) is 0 Å². The molecule has 10 heteroatoms. The lowest BCUT2D eigenvalue weighted by atomic mass is 10.2. The Labute approximate surface area is 111 Å². The minimum Gasteiger partial charge on any atom is -0.481 e. The summed E-state index contributed by atoms with van der Waals surface area (Å²) in [6, 6.07) is 1.02. The lowest BCUT2D eigenvalue weighted by Crippen LogP contribution is -2.32. The summed E-state index contributed by atoms with van der Waals surface area (Å²) in [5.74, 6) is -3.03. The van der Waals surface area contributed by atoms with E-state index in [-0.39, 0.29) is 11.4 Å². The molecule has 0 aliphatic heterocycles. The van der Waals surface area contributed by atoms with Crippen molar-refractivity contribution in [3.8, 4) is 6.07 Å². The van der Waals surface area contributed by atoms with Crippen LogP contribution >= 0.6 is 0 Å². The highest BCUT2D eigenvalue weighted by Crippen LogP contribution is 2.19. The van der Waals surface area contributed by atoms with Gasteiger partial charge in [0.15, 0.2) is 0 Å². The first-order chi connectivity index (χ1) is 9.35. The average Bonchev–Trinajstić information content (AvgIpc) is 2.37. The molecule has 0 radical (unpaired) electrons. The fourth-order valence-corrected chi connectivity index (χ4v) is 1.29. The van der Waals surface area contributed by atoms with Gasteiger partial charge in [-0.05, 0) is 0 Å². The van der Waals surface area contributed by atoms with Crippen molar-refractivity contribution in [1.29, 1.82) is 5.26 Å². The first-order valence-corrected chi connectivity index (χ1v) is 5.10. The maximum absolute atomic E-state index is 10.9. The van der Waals surface area contributed by atoms with Crippen LogP contribution in [0.15, 0.2) is 12.3 Å². The number of aromatic nitrogens is 1. The third kappa shape index (κ3) is 3.64. The van der Waals surface area contributed by atoms with E-state index in [0.29, 0.717) is 0 Å². The number of carboxylic acid groups (broad SMARTS) is 2. The molecule has 1 aromatic heterocycles. The predicted molar refractivity (Wildman–Crippen MR) is 62.9 cm³/mol. The highest BCUT2D eigenvalue weighted by atomic mass is 16.6. The Morgan fingerprint density at radius 3 is 2.65 bits per heavy atom. The van der Waals surface area contributed by atoms with Gasteiger partial charge in [-0.3, -0.25) is 14.9 Å². The molecular weight excluding hydrogens is 272 g/mol. The van der Waals surface area contributed by atoms with Crippen molar-refractivity contribution in [2.75, 3.05) is 5.32 Å². The molecule has 0 saturated heterocycles. The molecule has 0 spiro atoms. The summed E-state index contributed by atoms with van der Waals surface area (Å²) in [4.78, 5) is 34.7. The number of anilines is 1. The second kappa shape index (κ2) is 6.10. The second-order valence-electron chi connectivity index (χ2n) is 3.59. The summed E-state index contributed by atoms with van der Waals surface area (Å²) >= 11 is 0. The molecule has 0 amide bonds. The third-order valence-electron chi connectivity index (χ3n) is 2.19. The van der Waals surface area contributed by atoms with Crippen molar-refractivity contribution in [3.63, 3.8) is 0 Å². The van der Waals surface area contributed by atoms with E-state index in [4.69, 9.17) is 15.5 Å². The standard InChI is InChI=1S/C10H8N4O6/c11-3-5-1-6(14(19)20)4-12-9(5)13-7(10(17)18)2-8(15)16/h1,4,7H,2H2,(H,12,13)(H,15,16)(H,17,18).